The third kappa shape index (κ3) is 4.53. The molecule has 110 valence electrons. The maximum atomic E-state index is 12.0. The predicted molar refractivity (Wildman–Crippen MR) is 86.0 cm³/mol. The van der Waals surface area contributed by atoms with Crippen LogP contribution in [-0.2, 0) is 0 Å². The van der Waals surface area contributed by atoms with Crippen molar-refractivity contribution in [2.75, 3.05) is 17.2 Å². The topological polar surface area (TPSA) is 50.4 Å². The highest BCUT2D eigenvalue weighted by atomic mass is 16.5. The van der Waals surface area contributed by atoms with E-state index >= 15 is 0 Å². The van der Waals surface area contributed by atoms with Crippen LogP contribution in [0.3, 0.4) is 0 Å². The van der Waals surface area contributed by atoms with E-state index in [0.29, 0.717) is 18.0 Å². The van der Waals surface area contributed by atoms with Crippen LogP contribution in [0, 0.1) is 6.92 Å². The van der Waals surface area contributed by atoms with Crippen LogP contribution in [0.25, 0.3) is 0 Å². The van der Waals surface area contributed by atoms with Crippen molar-refractivity contribution in [2.45, 2.75) is 20.3 Å². The van der Waals surface area contributed by atoms with Crippen molar-refractivity contribution in [3.05, 3.63) is 54.1 Å². The average molecular weight is 284 g/mol. The second kappa shape index (κ2) is 7.33. The molecule has 0 bridgehead atoms. The van der Waals surface area contributed by atoms with Crippen LogP contribution < -0.4 is 15.4 Å². The third-order valence-electron chi connectivity index (χ3n) is 2.91. The number of urea groups is 1. The van der Waals surface area contributed by atoms with Crippen LogP contribution >= 0.6 is 0 Å². The Kier molecular flexibility index (Phi) is 5.21. The van der Waals surface area contributed by atoms with Gasteiger partial charge >= 0.3 is 6.03 Å². The van der Waals surface area contributed by atoms with E-state index in [1.807, 2.05) is 62.4 Å². The van der Waals surface area contributed by atoms with E-state index in [1.54, 1.807) is 0 Å². The maximum absolute atomic E-state index is 12.0. The molecule has 0 fully saturated rings. The zero-order valence-electron chi connectivity index (χ0n) is 12.3. The minimum Gasteiger partial charge on any atom is -0.491 e. The van der Waals surface area contributed by atoms with Crippen LogP contribution in [0.2, 0.25) is 0 Å². The zero-order valence-corrected chi connectivity index (χ0v) is 12.3. The van der Waals surface area contributed by atoms with Crippen LogP contribution in [0.15, 0.2) is 48.5 Å². The van der Waals surface area contributed by atoms with Crippen molar-refractivity contribution in [3.8, 4) is 5.75 Å². The fourth-order valence-electron chi connectivity index (χ4n) is 1.83. The van der Waals surface area contributed by atoms with Gasteiger partial charge in [-0.1, -0.05) is 36.8 Å². The van der Waals surface area contributed by atoms with Gasteiger partial charge in [-0.2, -0.15) is 0 Å². The third-order valence-corrected chi connectivity index (χ3v) is 2.91. The number of carbonyl (C=O) groups excluding carboxylic acids is 1. The number of hydrogen-bond acceptors (Lipinski definition) is 2. The molecule has 0 radical (unpaired) electrons. The molecule has 2 aromatic rings. The van der Waals surface area contributed by atoms with E-state index < -0.39 is 0 Å². The molecular weight excluding hydrogens is 264 g/mol. The smallest absolute Gasteiger partial charge is 0.323 e. The molecule has 2 N–H and O–H groups in total. The van der Waals surface area contributed by atoms with E-state index in [1.165, 1.54) is 0 Å². The van der Waals surface area contributed by atoms with Gasteiger partial charge in [0.05, 0.1) is 12.3 Å². The largest absolute Gasteiger partial charge is 0.491 e. The molecule has 4 heteroatoms. The zero-order chi connectivity index (χ0) is 15.1. The van der Waals surface area contributed by atoms with Crippen molar-refractivity contribution < 1.29 is 9.53 Å². The molecule has 0 aromatic heterocycles. The molecule has 2 aromatic carbocycles. The lowest BCUT2D eigenvalue weighted by Crippen LogP contribution is -2.19. The average Bonchev–Trinajstić information content (AvgIpc) is 2.49. The van der Waals surface area contributed by atoms with Gasteiger partial charge in [0.25, 0.3) is 0 Å². The summed E-state index contributed by atoms with van der Waals surface area (Å²) in [5, 5.41) is 5.60. The summed E-state index contributed by atoms with van der Waals surface area (Å²) in [6, 6.07) is 14.8. The van der Waals surface area contributed by atoms with Gasteiger partial charge in [-0.15, -0.1) is 0 Å². The van der Waals surface area contributed by atoms with Gasteiger partial charge in [0.15, 0.2) is 0 Å². The van der Waals surface area contributed by atoms with E-state index in [2.05, 4.69) is 10.6 Å². The summed E-state index contributed by atoms with van der Waals surface area (Å²) < 4.78 is 5.61. The molecule has 0 heterocycles. The van der Waals surface area contributed by atoms with Gasteiger partial charge in [-0.25, -0.2) is 4.79 Å². The molecule has 0 unspecified atom stereocenters. The lowest BCUT2D eigenvalue weighted by atomic mass is 10.2. The van der Waals surface area contributed by atoms with Gasteiger partial charge in [-0.3, -0.25) is 0 Å². The van der Waals surface area contributed by atoms with Gasteiger partial charge in [0.1, 0.15) is 5.75 Å². The fourth-order valence-corrected chi connectivity index (χ4v) is 1.83. The Morgan fingerprint density at radius 1 is 1.05 bits per heavy atom. The van der Waals surface area contributed by atoms with Crippen LogP contribution in [0.4, 0.5) is 16.2 Å². The van der Waals surface area contributed by atoms with Gasteiger partial charge in [0.2, 0.25) is 0 Å². The number of amides is 2. The Labute approximate surface area is 125 Å². The summed E-state index contributed by atoms with van der Waals surface area (Å²) in [5.41, 5.74) is 2.57. The molecule has 0 saturated heterocycles. The summed E-state index contributed by atoms with van der Waals surface area (Å²) in [6.45, 7) is 4.67. The maximum Gasteiger partial charge on any atom is 0.323 e. The summed E-state index contributed by atoms with van der Waals surface area (Å²) in [5.74, 6) is 0.679. The predicted octanol–water partition coefficient (Wildman–Crippen LogP) is 4.43. The first-order valence-electron chi connectivity index (χ1n) is 7.05. The first kappa shape index (κ1) is 14.9. The number of benzene rings is 2. The van der Waals surface area contributed by atoms with E-state index in [0.717, 1.165) is 17.7 Å². The molecule has 4 nitrogen and oxygen atoms in total. The highest BCUT2D eigenvalue weighted by Crippen LogP contribution is 2.24. The second-order valence-corrected chi connectivity index (χ2v) is 4.79. The number of hydrogen-bond donors (Lipinski definition) is 2. The molecule has 0 atom stereocenters. The van der Waals surface area contributed by atoms with Crippen molar-refractivity contribution >= 4 is 17.4 Å². The Morgan fingerprint density at radius 2 is 1.76 bits per heavy atom. The van der Waals surface area contributed by atoms with E-state index in [4.69, 9.17) is 4.74 Å². The van der Waals surface area contributed by atoms with E-state index in [-0.39, 0.29) is 6.03 Å². The lowest BCUT2D eigenvalue weighted by molar-refractivity contribution is 0.262. The van der Waals surface area contributed by atoms with Crippen LogP contribution in [-0.4, -0.2) is 12.6 Å². The number of carbonyl (C=O) groups is 1. The summed E-state index contributed by atoms with van der Waals surface area (Å²) in [6.07, 6.45) is 0.921. The molecule has 0 saturated carbocycles. The number of ether oxygens (including phenoxy) is 1. The lowest BCUT2D eigenvalue weighted by Gasteiger charge is -2.12. The van der Waals surface area contributed by atoms with Crippen molar-refractivity contribution in [3.63, 3.8) is 0 Å². The molecule has 21 heavy (non-hydrogen) atoms. The van der Waals surface area contributed by atoms with Gasteiger partial charge in [0, 0.05) is 5.69 Å². The van der Waals surface area contributed by atoms with Gasteiger partial charge in [-0.05, 0) is 37.6 Å². The number of nitrogens with one attached hydrogen (secondary N) is 2. The Morgan fingerprint density at radius 3 is 2.48 bits per heavy atom. The van der Waals surface area contributed by atoms with Crippen LogP contribution in [0.1, 0.15) is 18.9 Å². The quantitative estimate of drug-likeness (QED) is 0.853. The minimum absolute atomic E-state index is 0.286. The summed E-state index contributed by atoms with van der Waals surface area (Å²) >= 11 is 0. The Bertz CT molecular complexity index is 594. The normalized spacial score (nSPS) is 10.0. The number of anilines is 2. The molecule has 0 aliphatic heterocycles. The Balaban J connectivity index is 2.00. The van der Waals surface area contributed by atoms with Gasteiger partial charge < -0.3 is 15.4 Å². The fraction of sp³-hybridized carbons (Fsp3) is 0.235. The molecule has 2 amide bonds. The van der Waals surface area contributed by atoms with Crippen molar-refractivity contribution in [2.24, 2.45) is 0 Å². The second-order valence-electron chi connectivity index (χ2n) is 4.79. The molecule has 0 spiro atoms. The minimum atomic E-state index is -0.286. The van der Waals surface area contributed by atoms with E-state index in [9.17, 15) is 4.79 Å². The molecular formula is C17H20N2O2. The highest BCUT2D eigenvalue weighted by molar-refractivity contribution is 6.00. The first-order chi connectivity index (χ1) is 10.2. The summed E-state index contributed by atoms with van der Waals surface area (Å²) in [4.78, 5) is 12.0. The number of para-hydroxylation sites is 2. The number of rotatable bonds is 5. The van der Waals surface area contributed by atoms with Crippen molar-refractivity contribution in [1.29, 1.82) is 0 Å². The first-order valence-corrected chi connectivity index (χ1v) is 7.05. The number of aryl methyl sites for hydroxylation is 1. The van der Waals surface area contributed by atoms with Crippen LogP contribution in [0.5, 0.6) is 5.75 Å². The molecule has 0 aliphatic carbocycles. The highest BCUT2D eigenvalue weighted by Gasteiger charge is 2.07. The van der Waals surface area contributed by atoms with Crippen molar-refractivity contribution in [1.82, 2.24) is 0 Å². The molecule has 2 rings (SSSR count). The monoisotopic (exact) mass is 284 g/mol. The molecule has 0 aliphatic rings. The standard InChI is InChI=1S/C17H20N2O2/c1-3-12-21-16-7-5-4-6-15(16)19-17(20)18-14-10-8-13(2)9-11-14/h4-11H,3,12H2,1-2H3,(H2,18,19,20). The SMILES string of the molecule is CCCOc1ccccc1NC(=O)Nc1ccc(C)cc1. The summed E-state index contributed by atoms with van der Waals surface area (Å²) in [7, 11) is 0. The Hall–Kier alpha value is -2.49.